The lowest BCUT2D eigenvalue weighted by atomic mass is 9.96. The van der Waals surface area contributed by atoms with Crippen molar-refractivity contribution in [2.75, 3.05) is 19.6 Å². The Morgan fingerprint density at radius 3 is 2.95 bits per heavy atom. The molecule has 0 bridgehead atoms. The first-order valence-electron chi connectivity index (χ1n) is 6.97. The van der Waals surface area contributed by atoms with Crippen LogP contribution in [0.1, 0.15) is 18.9 Å². The number of nitrogens with zero attached hydrogens (tertiary/aromatic N) is 1. The van der Waals surface area contributed by atoms with Gasteiger partial charge in [-0.2, -0.15) is 0 Å². The molecule has 2 atom stereocenters. The van der Waals surface area contributed by atoms with Gasteiger partial charge < -0.3 is 10.4 Å². The predicted octanol–water partition coefficient (Wildman–Crippen LogP) is 1.66. The number of β-amino-alcohol motifs (C(OH)–C–C–N with tert-alkyl or cyclic N) is 1. The van der Waals surface area contributed by atoms with Gasteiger partial charge in [0.05, 0.1) is 12.6 Å². The van der Waals surface area contributed by atoms with E-state index >= 15 is 0 Å². The van der Waals surface area contributed by atoms with Crippen molar-refractivity contribution in [3.8, 4) is 0 Å². The zero-order chi connectivity index (χ0) is 14.5. The van der Waals surface area contributed by atoms with Crippen LogP contribution in [0.2, 0.25) is 5.02 Å². The Kier molecular flexibility index (Phi) is 5.40. The fraction of sp³-hybridized carbons (Fsp3) is 0.533. The van der Waals surface area contributed by atoms with E-state index in [9.17, 15) is 9.90 Å². The highest BCUT2D eigenvalue weighted by atomic mass is 35.5. The minimum atomic E-state index is -0.333. The van der Waals surface area contributed by atoms with Gasteiger partial charge in [-0.3, -0.25) is 9.69 Å². The Morgan fingerprint density at radius 1 is 1.50 bits per heavy atom. The van der Waals surface area contributed by atoms with E-state index in [-0.39, 0.29) is 12.0 Å². The first-order chi connectivity index (χ1) is 9.56. The normalized spacial score (nSPS) is 23.6. The molecular formula is C15H21ClN2O2. The lowest BCUT2D eigenvalue weighted by Crippen LogP contribution is -2.46. The highest BCUT2D eigenvalue weighted by Gasteiger charge is 2.25. The largest absolute Gasteiger partial charge is 0.392 e. The van der Waals surface area contributed by atoms with E-state index in [1.54, 1.807) is 0 Å². The summed E-state index contributed by atoms with van der Waals surface area (Å²) in [6.45, 7) is 4.23. The van der Waals surface area contributed by atoms with Crippen LogP contribution in [-0.4, -0.2) is 41.7 Å². The van der Waals surface area contributed by atoms with Crippen molar-refractivity contribution in [2.45, 2.75) is 26.0 Å². The molecule has 2 rings (SSSR count). The molecule has 0 aliphatic carbocycles. The van der Waals surface area contributed by atoms with Gasteiger partial charge in [0.1, 0.15) is 0 Å². The van der Waals surface area contributed by atoms with Crippen molar-refractivity contribution in [3.63, 3.8) is 0 Å². The minimum Gasteiger partial charge on any atom is -0.392 e. The van der Waals surface area contributed by atoms with Crippen LogP contribution in [0.25, 0.3) is 0 Å². The van der Waals surface area contributed by atoms with Crippen LogP contribution in [0.15, 0.2) is 24.3 Å². The average molecular weight is 297 g/mol. The van der Waals surface area contributed by atoms with E-state index in [2.05, 4.69) is 5.32 Å². The van der Waals surface area contributed by atoms with Crippen LogP contribution in [0.4, 0.5) is 0 Å². The Morgan fingerprint density at radius 2 is 2.25 bits per heavy atom. The number of amides is 1. The molecule has 2 unspecified atom stereocenters. The van der Waals surface area contributed by atoms with Gasteiger partial charge in [0.15, 0.2) is 0 Å². The highest BCUT2D eigenvalue weighted by molar-refractivity contribution is 6.31. The maximum Gasteiger partial charge on any atom is 0.234 e. The Balaban J connectivity index is 1.77. The number of piperidine rings is 1. The number of likely N-dealkylation sites (tertiary alicyclic amines) is 1. The molecule has 1 heterocycles. The number of hydrogen-bond acceptors (Lipinski definition) is 3. The molecule has 1 aliphatic heterocycles. The Labute approximate surface area is 124 Å². The molecule has 5 heteroatoms. The van der Waals surface area contributed by atoms with E-state index in [0.717, 1.165) is 18.5 Å². The number of rotatable bonds is 4. The lowest BCUT2D eigenvalue weighted by Gasteiger charge is -2.33. The molecule has 1 aromatic carbocycles. The summed E-state index contributed by atoms with van der Waals surface area (Å²) in [6.07, 6.45) is 0.596. The molecule has 4 nitrogen and oxygen atoms in total. The predicted molar refractivity (Wildman–Crippen MR) is 79.5 cm³/mol. The second-order valence-electron chi connectivity index (χ2n) is 5.44. The second kappa shape index (κ2) is 7.07. The van der Waals surface area contributed by atoms with Crippen molar-refractivity contribution < 1.29 is 9.90 Å². The molecule has 1 aromatic rings. The van der Waals surface area contributed by atoms with Crippen molar-refractivity contribution in [1.29, 1.82) is 0 Å². The maximum absolute atomic E-state index is 11.9. The molecule has 0 saturated carbocycles. The standard InChI is InChI=1S/C15H21ClN2O2/c1-11-6-7-18(9-14(11)19)10-15(20)17-8-12-4-2-3-5-13(12)16/h2-5,11,14,19H,6-10H2,1H3,(H,17,20). The van der Waals surface area contributed by atoms with Gasteiger partial charge >= 0.3 is 0 Å². The topological polar surface area (TPSA) is 52.6 Å². The molecule has 20 heavy (non-hydrogen) atoms. The summed E-state index contributed by atoms with van der Waals surface area (Å²) < 4.78 is 0. The lowest BCUT2D eigenvalue weighted by molar-refractivity contribution is -0.123. The van der Waals surface area contributed by atoms with E-state index < -0.39 is 0 Å². The molecule has 0 aromatic heterocycles. The fourth-order valence-electron chi connectivity index (χ4n) is 2.35. The number of halogens is 1. The maximum atomic E-state index is 11.9. The van der Waals surface area contributed by atoms with Crippen molar-refractivity contribution in [3.05, 3.63) is 34.9 Å². The zero-order valence-electron chi connectivity index (χ0n) is 11.7. The van der Waals surface area contributed by atoms with Gasteiger partial charge in [-0.25, -0.2) is 0 Å². The third-order valence-corrected chi connectivity index (χ3v) is 4.17. The van der Waals surface area contributed by atoms with Crippen molar-refractivity contribution in [1.82, 2.24) is 10.2 Å². The number of aliphatic hydroxyl groups excluding tert-OH is 1. The molecule has 1 fully saturated rings. The van der Waals surface area contributed by atoms with E-state index in [1.807, 2.05) is 36.1 Å². The van der Waals surface area contributed by atoms with Crippen molar-refractivity contribution >= 4 is 17.5 Å². The number of carbonyl (C=O) groups is 1. The van der Waals surface area contributed by atoms with Gasteiger partial charge in [-0.15, -0.1) is 0 Å². The summed E-state index contributed by atoms with van der Waals surface area (Å²) in [5.74, 6) is 0.282. The zero-order valence-corrected chi connectivity index (χ0v) is 12.4. The summed E-state index contributed by atoms with van der Waals surface area (Å²) in [5.41, 5.74) is 0.912. The highest BCUT2D eigenvalue weighted by Crippen LogP contribution is 2.17. The quantitative estimate of drug-likeness (QED) is 0.888. The van der Waals surface area contributed by atoms with Crippen LogP contribution in [0.3, 0.4) is 0 Å². The van der Waals surface area contributed by atoms with Gasteiger partial charge in [0.2, 0.25) is 5.91 Å². The smallest absolute Gasteiger partial charge is 0.234 e. The minimum absolute atomic E-state index is 0.0355. The van der Waals surface area contributed by atoms with Crippen LogP contribution < -0.4 is 5.32 Å². The molecule has 1 amide bonds. The summed E-state index contributed by atoms with van der Waals surface area (Å²) in [4.78, 5) is 13.9. The third kappa shape index (κ3) is 4.20. The van der Waals surface area contributed by atoms with Crippen molar-refractivity contribution in [2.24, 2.45) is 5.92 Å². The molecule has 110 valence electrons. The van der Waals surface area contributed by atoms with Gasteiger partial charge in [0.25, 0.3) is 0 Å². The number of hydrogen-bond donors (Lipinski definition) is 2. The van der Waals surface area contributed by atoms with E-state index in [1.165, 1.54) is 0 Å². The van der Waals surface area contributed by atoms with Gasteiger partial charge in [0, 0.05) is 18.1 Å². The number of nitrogens with one attached hydrogen (secondary N) is 1. The number of benzene rings is 1. The summed E-state index contributed by atoms with van der Waals surface area (Å²) in [7, 11) is 0. The fourth-order valence-corrected chi connectivity index (χ4v) is 2.56. The second-order valence-corrected chi connectivity index (χ2v) is 5.84. The van der Waals surface area contributed by atoms with Gasteiger partial charge in [-0.1, -0.05) is 36.7 Å². The molecule has 1 saturated heterocycles. The summed E-state index contributed by atoms with van der Waals surface area (Å²) in [5, 5.41) is 13.3. The van der Waals surface area contributed by atoms with Crippen LogP contribution in [0.5, 0.6) is 0 Å². The molecular weight excluding hydrogens is 276 g/mol. The third-order valence-electron chi connectivity index (χ3n) is 3.80. The molecule has 2 N–H and O–H groups in total. The number of aliphatic hydroxyl groups is 1. The first-order valence-corrected chi connectivity index (χ1v) is 7.34. The first kappa shape index (κ1) is 15.3. The summed E-state index contributed by atoms with van der Waals surface area (Å²) in [6, 6.07) is 7.47. The van der Waals surface area contributed by atoms with E-state index in [0.29, 0.717) is 30.6 Å². The van der Waals surface area contributed by atoms with Gasteiger partial charge in [-0.05, 0) is 30.5 Å². The molecule has 0 spiro atoms. The van der Waals surface area contributed by atoms with Crippen LogP contribution >= 0.6 is 11.6 Å². The number of carbonyl (C=O) groups excluding carboxylic acids is 1. The Hall–Kier alpha value is -1.10. The monoisotopic (exact) mass is 296 g/mol. The SMILES string of the molecule is CC1CCN(CC(=O)NCc2ccccc2Cl)CC1O. The average Bonchev–Trinajstić information content (AvgIpc) is 2.42. The van der Waals surface area contributed by atoms with Crippen LogP contribution in [-0.2, 0) is 11.3 Å². The molecule has 1 aliphatic rings. The Bertz CT molecular complexity index is 467. The molecule has 0 radical (unpaired) electrons. The summed E-state index contributed by atoms with van der Waals surface area (Å²) >= 11 is 6.04. The van der Waals surface area contributed by atoms with E-state index in [4.69, 9.17) is 11.6 Å². The van der Waals surface area contributed by atoms with Crippen LogP contribution in [0, 0.1) is 5.92 Å².